The number of ether oxygens (including phenoxy) is 1. The average Bonchev–Trinajstić information content (AvgIpc) is 2.69. The molecule has 1 aliphatic heterocycles. The predicted molar refractivity (Wildman–Crippen MR) is 72.7 cm³/mol. The maximum atomic E-state index is 10.3. The van der Waals surface area contributed by atoms with Gasteiger partial charge in [-0.3, -0.25) is 4.57 Å². The zero-order valence-corrected chi connectivity index (χ0v) is 12.0. The summed E-state index contributed by atoms with van der Waals surface area (Å²) in [6.45, 7) is -0.245. The first-order valence-electron chi connectivity index (χ1n) is 6.35. The van der Waals surface area contributed by atoms with Gasteiger partial charge in [0.2, 0.25) is 0 Å². The molecule has 2 aromatic heterocycles. The molecule has 21 heavy (non-hydrogen) atoms. The molecule has 0 amide bonds. The Bertz CT molecular complexity index is 739. The highest BCUT2D eigenvalue weighted by atomic mass is 35.5. The van der Waals surface area contributed by atoms with Crippen molar-refractivity contribution in [1.29, 1.82) is 0 Å². The maximum absolute atomic E-state index is 10.3. The summed E-state index contributed by atoms with van der Waals surface area (Å²) >= 11 is 11.9. The Labute approximate surface area is 128 Å². The zero-order chi connectivity index (χ0) is 14.9. The van der Waals surface area contributed by atoms with E-state index >= 15 is 0 Å². The van der Waals surface area contributed by atoms with Gasteiger partial charge in [-0.15, -0.1) is 0 Å². The second kappa shape index (κ2) is 4.28. The lowest BCUT2D eigenvalue weighted by Gasteiger charge is -2.21. The van der Waals surface area contributed by atoms with E-state index < -0.39 is 30.0 Å². The molecule has 9 heteroatoms. The minimum Gasteiger partial charge on any atom is -0.396 e. The lowest BCUT2D eigenvalue weighted by molar-refractivity contribution is -0.181. The number of halogens is 2. The Balaban J connectivity index is 1.76. The molecule has 112 valence electrons. The Morgan fingerprint density at radius 1 is 1.43 bits per heavy atom. The van der Waals surface area contributed by atoms with Crippen LogP contribution >= 0.6 is 23.2 Å². The number of aromatic nitrogens is 3. The highest BCUT2D eigenvalue weighted by Gasteiger charge is 2.75. The van der Waals surface area contributed by atoms with Crippen LogP contribution in [0.4, 0.5) is 0 Å². The topological polar surface area (TPSA) is 101 Å². The maximum Gasteiger partial charge on any atom is 0.179 e. The fourth-order valence-corrected chi connectivity index (χ4v) is 3.61. The molecule has 2 aliphatic rings. The number of aliphatic hydroxyl groups excluding tert-OH is 2. The van der Waals surface area contributed by atoms with Crippen molar-refractivity contribution in [1.82, 2.24) is 14.5 Å². The summed E-state index contributed by atoms with van der Waals surface area (Å²) in [6.07, 6.45) is -0.408. The third-order valence-corrected chi connectivity index (χ3v) is 4.71. The molecular weight excluding hydrogens is 321 g/mol. The minimum atomic E-state index is -1.50. The Hall–Kier alpha value is -0.960. The van der Waals surface area contributed by atoms with Crippen LogP contribution in [0.5, 0.6) is 0 Å². The molecule has 7 nitrogen and oxygen atoms in total. The Kier molecular flexibility index (Phi) is 2.79. The van der Waals surface area contributed by atoms with Crippen LogP contribution in [0, 0.1) is 11.8 Å². The van der Waals surface area contributed by atoms with Gasteiger partial charge >= 0.3 is 0 Å². The van der Waals surface area contributed by atoms with Crippen molar-refractivity contribution in [2.24, 2.45) is 11.8 Å². The Morgan fingerprint density at radius 2 is 2.19 bits per heavy atom. The molecule has 3 unspecified atom stereocenters. The summed E-state index contributed by atoms with van der Waals surface area (Å²) in [6, 6.07) is 1.47. The van der Waals surface area contributed by atoms with E-state index in [9.17, 15) is 10.2 Å². The molecule has 3 N–H and O–H groups in total. The fraction of sp³-hybridized carbons (Fsp3) is 0.500. The van der Waals surface area contributed by atoms with Crippen molar-refractivity contribution in [3.05, 3.63) is 22.6 Å². The summed E-state index contributed by atoms with van der Waals surface area (Å²) in [5, 5.41) is 30.2. The number of hydrogen-bond donors (Lipinski definition) is 3. The van der Waals surface area contributed by atoms with Gasteiger partial charge in [-0.1, -0.05) is 23.2 Å². The van der Waals surface area contributed by atoms with E-state index in [1.807, 2.05) is 0 Å². The van der Waals surface area contributed by atoms with E-state index in [4.69, 9.17) is 33.0 Å². The van der Waals surface area contributed by atoms with Crippen molar-refractivity contribution in [2.45, 2.75) is 18.1 Å². The molecule has 2 aromatic rings. The molecule has 3 heterocycles. The van der Waals surface area contributed by atoms with Crippen molar-refractivity contribution >= 4 is 34.4 Å². The van der Waals surface area contributed by atoms with Gasteiger partial charge in [0.1, 0.15) is 16.8 Å². The summed E-state index contributed by atoms with van der Waals surface area (Å²) in [7, 11) is 0. The molecule has 0 aromatic carbocycles. The largest absolute Gasteiger partial charge is 0.396 e. The summed E-state index contributed by atoms with van der Waals surface area (Å²) in [5.74, 6) is -2.50. The Morgan fingerprint density at radius 3 is 2.81 bits per heavy atom. The standard InChI is InChI=1S/C12H11Cl2N3O4/c13-5-1-6(14)16-10-8(5)15-3-17(10)11-9(19)7-4(2-18)12(7,20)21-11/h1,3-4,7,9,11,18-20H,2H2/t4-,7?,9?,11-,12?/m1/s1. The van der Waals surface area contributed by atoms with E-state index in [0.29, 0.717) is 16.2 Å². The molecule has 0 spiro atoms. The molecular formula is C12H11Cl2N3O4. The number of fused-ring (bicyclic) bond motifs is 2. The predicted octanol–water partition coefficient (Wildman–Crippen LogP) is 0.555. The van der Waals surface area contributed by atoms with Crippen molar-refractivity contribution in [2.75, 3.05) is 6.61 Å². The van der Waals surface area contributed by atoms with Gasteiger partial charge in [-0.25, -0.2) is 9.97 Å². The van der Waals surface area contributed by atoms with Crippen molar-refractivity contribution < 1.29 is 20.1 Å². The first-order chi connectivity index (χ1) is 9.97. The quantitative estimate of drug-likeness (QED) is 0.695. The highest BCUT2D eigenvalue weighted by Crippen LogP contribution is 2.62. The molecule has 0 bridgehead atoms. The lowest BCUT2D eigenvalue weighted by Crippen LogP contribution is -2.27. The summed E-state index contributed by atoms with van der Waals surface area (Å²) in [4.78, 5) is 8.26. The smallest absolute Gasteiger partial charge is 0.179 e. The van der Waals surface area contributed by atoms with Gasteiger partial charge in [-0.05, 0) is 6.07 Å². The van der Waals surface area contributed by atoms with E-state index in [2.05, 4.69) is 9.97 Å². The first kappa shape index (κ1) is 13.7. The van der Waals surface area contributed by atoms with Gasteiger partial charge in [0.25, 0.3) is 0 Å². The third-order valence-electron chi connectivity index (χ3n) is 4.23. The average molecular weight is 332 g/mol. The normalized spacial score (nSPS) is 38.0. The monoisotopic (exact) mass is 331 g/mol. The van der Waals surface area contributed by atoms with E-state index in [1.165, 1.54) is 17.0 Å². The molecule has 1 saturated carbocycles. The third kappa shape index (κ3) is 1.70. The van der Waals surface area contributed by atoms with Crippen LogP contribution < -0.4 is 0 Å². The number of rotatable bonds is 2. The number of aliphatic hydroxyl groups is 3. The second-order valence-electron chi connectivity index (χ2n) is 5.32. The zero-order valence-electron chi connectivity index (χ0n) is 10.5. The number of pyridine rings is 1. The van der Waals surface area contributed by atoms with Crippen LogP contribution in [-0.4, -0.2) is 48.4 Å². The van der Waals surface area contributed by atoms with Crippen molar-refractivity contribution in [3.8, 4) is 0 Å². The molecule has 1 saturated heterocycles. The summed E-state index contributed by atoms with van der Waals surface area (Å²) in [5.41, 5.74) is 0.796. The van der Waals surface area contributed by atoms with Gasteiger partial charge in [0, 0.05) is 5.92 Å². The van der Waals surface area contributed by atoms with Gasteiger partial charge < -0.3 is 20.1 Å². The summed E-state index contributed by atoms with van der Waals surface area (Å²) < 4.78 is 7.00. The minimum absolute atomic E-state index is 0.193. The van der Waals surface area contributed by atoms with Crippen LogP contribution in [0.1, 0.15) is 6.23 Å². The van der Waals surface area contributed by atoms with Gasteiger partial charge in [0.15, 0.2) is 17.7 Å². The van der Waals surface area contributed by atoms with E-state index in [1.54, 1.807) is 0 Å². The van der Waals surface area contributed by atoms with Crippen molar-refractivity contribution in [3.63, 3.8) is 0 Å². The SMILES string of the molecule is OC[C@@H]1C2C(O)[C@H](n3cnc4c(Cl)cc(Cl)nc43)OC21O. The molecule has 1 aliphatic carbocycles. The fourth-order valence-electron chi connectivity index (χ4n) is 3.13. The number of nitrogens with zero attached hydrogens (tertiary/aromatic N) is 3. The number of imidazole rings is 1. The van der Waals surface area contributed by atoms with E-state index in [0.717, 1.165) is 0 Å². The van der Waals surface area contributed by atoms with Crippen LogP contribution in [0.2, 0.25) is 10.2 Å². The van der Waals surface area contributed by atoms with Crippen LogP contribution in [0.25, 0.3) is 11.2 Å². The first-order valence-corrected chi connectivity index (χ1v) is 7.10. The van der Waals surface area contributed by atoms with Gasteiger partial charge in [0.05, 0.1) is 23.9 Å². The highest BCUT2D eigenvalue weighted by molar-refractivity contribution is 6.37. The van der Waals surface area contributed by atoms with E-state index in [-0.39, 0.29) is 11.8 Å². The number of hydrogen-bond acceptors (Lipinski definition) is 6. The molecule has 5 atom stereocenters. The molecule has 2 fully saturated rings. The van der Waals surface area contributed by atoms with Crippen LogP contribution in [-0.2, 0) is 4.74 Å². The van der Waals surface area contributed by atoms with Crippen LogP contribution in [0.15, 0.2) is 12.4 Å². The second-order valence-corrected chi connectivity index (χ2v) is 6.11. The molecule has 4 rings (SSSR count). The van der Waals surface area contributed by atoms with Gasteiger partial charge in [-0.2, -0.15) is 0 Å². The molecule has 0 radical (unpaired) electrons. The lowest BCUT2D eigenvalue weighted by atomic mass is 10.2. The van der Waals surface area contributed by atoms with Crippen LogP contribution in [0.3, 0.4) is 0 Å².